The summed E-state index contributed by atoms with van der Waals surface area (Å²) in [6.45, 7) is 7.67. The molecule has 0 bridgehead atoms. The monoisotopic (exact) mass is 273 g/mol. The molecule has 110 valence electrons. The van der Waals surface area contributed by atoms with Gasteiger partial charge in [-0.3, -0.25) is 4.68 Å². The van der Waals surface area contributed by atoms with Crippen LogP contribution in [0.3, 0.4) is 0 Å². The maximum Gasteiger partial charge on any atom is 0.0718 e. The van der Waals surface area contributed by atoms with Crippen LogP contribution in [0.5, 0.6) is 0 Å². The van der Waals surface area contributed by atoms with Crippen molar-refractivity contribution in [2.24, 2.45) is 5.92 Å². The Bertz CT molecular complexity index is 544. The number of fused-ring (bicyclic) bond motifs is 1. The molecular formula is C17H27N3. The Labute approximate surface area is 122 Å². The molecule has 20 heavy (non-hydrogen) atoms. The second kappa shape index (κ2) is 6.89. The van der Waals surface area contributed by atoms with E-state index in [0.29, 0.717) is 12.0 Å². The van der Waals surface area contributed by atoms with E-state index in [1.807, 2.05) is 0 Å². The van der Waals surface area contributed by atoms with E-state index in [-0.39, 0.29) is 0 Å². The highest BCUT2D eigenvalue weighted by atomic mass is 15.3. The van der Waals surface area contributed by atoms with Gasteiger partial charge >= 0.3 is 0 Å². The lowest BCUT2D eigenvalue weighted by Gasteiger charge is -2.22. The lowest BCUT2D eigenvalue weighted by molar-refractivity contribution is 0.369. The fraction of sp³-hybridized carbons (Fsp3) is 0.588. The van der Waals surface area contributed by atoms with Gasteiger partial charge in [-0.1, -0.05) is 38.5 Å². The third kappa shape index (κ3) is 3.04. The van der Waals surface area contributed by atoms with E-state index >= 15 is 0 Å². The summed E-state index contributed by atoms with van der Waals surface area (Å²) < 4.78 is 2.11. The second-order valence-electron chi connectivity index (χ2n) is 5.64. The first kappa shape index (κ1) is 15.0. The first-order valence-electron chi connectivity index (χ1n) is 7.82. The molecule has 0 aliphatic carbocycles. The van der Waals surface area contributed by atoms with Crippen molar-refractivity contribution in [2.75, 3.05) is 7.05 Å². The van der Waals surface area contributed by atoms with Gasteiger partial charge in [-0.25, -0.2) is 0 Å². The number of hydrogen-bond acceptors (Lipinski definition) is 2. The number of hydrogen-bond donors (Lipinski definition) is 1. The Balaban J connectivity index is 2.28. The Kier molecular flexibility index (Phi) is 5.18. The molecule has 3 heteroatoms. The SMILES string of the molecule is CCCC(C)C(Cc1nn(CC)c2ccccc12)NC. The number of likely N-dealkylation sites (N-methyl/N-ethyl adjacent to an activating group) is 1. The predicted molar refractivity (Wildman–Crippen MR) is 86.0 cm³/mol. The number of nitrogens with one attached hydrogen (secondary N) is 1. The van der Waals surface area contributed by atoms with Gasteiger partial charge in [-0.2, -0.15) is 5.10 Å². The minimum atomic E-state index is 0.499. The predicted octanol–water partition coefficient (Wildman–Crippen LogP) is 3.62. The Morgan fingerprint density at radius 1 is 1.25 bits per heavy atom. The average molecular weight is 273 g/mol. The van der Waals surface area contributed by atoms with Crippen molar-refractivity contribution in [1.82, 2.24) is 15.1 Å². The van der Waals surface area contributed by atoms with Gasteiger partial charge in [-0.15, -0.1) is 0 Å². The Hall–Kier alpha value is -1.35. The van der Waals surface area contributed by atoms with E-state index in [2.05, 4.69) is 62.1 Å². The van der Waals surface area contributed by atoms with Crippen LogP contribution in [-0.4, -0.2) is 22.9 Å². The summed E-state index contributed by atoms with van der Waals surface area (Å²) in [5, 5.41) is 9.60. The van der Waals surface area contributed by atoms with Crippen molar-refractivity contribution in [3.8, 4) is 0 Å². The molecule has 1 heterocycles. The van der Waals surface area contributed by atoms with E-state index in [9.17, 15) is 0 Å². The van der Waals surface area contributed by atoms with Crippen LogP contribution in [0.25, 0.3) is 10.9 Å². The number of aromatic nitrogens is 2. The lowest BCUT2D eigenvalue weighted by atomic mass is 9.92. The highest BCUT2D eigenvalue weighted by molar-refractivity contribution is 5.82. The van der Waals surface area contributed by atoms with Crippen molar-refractivity contribution in [3.05, 3.63) is 30.0 Å². The first-order chi connectivity index (χ1) is 9.71. The van der Waals surface area contributed by atoms with Crippen LogP contribution in [0.1, 0.15) is 39.3 Å². The molecule has 2 atom stereocenters. The summed E-state index contributed by atoms with van der Waals surface area (Å²) >= 11 is 0. The standard InChI is InChI=1S/C17H27N3/c1-5-9-13(3)15(18-4)12-16-14-10-7-8-11-17(14)20(6-2)19-16/h7-8,10-11,13,15,18H,5-6,9,12H2,1-4H3. The topological polar surface area (TPSA) is 29.9 Å². The molecular weight excluding hydrogens is 246 g/mol. The van der Waals surface area contributed by atoms with Crippen molar-refractivity contribution in [1.29, 1.82) is 0 Å². The number of nitrogens with zero attached hydrogens (tertiary/aromatic N) is 2. The normalized spacial score (nSPS) is 14.6. The highest BCUT2D eigenvalue weighted by Crippen LogP contribution is 2.22. The van der Waals surface area contributed by atoms with Crippen LogP contribution in [0.2, 0.25) is 0 Å². The summed E-state index contributed by atoms with van der Waals surface area (Å²) in [5.74, 6) is 0.676. The van der Waals surface area contributed by atoms with Gasteiger partial charge in [0.25, 0.3) is 0 Å². The zero-order valence-electron chi connectivity index (χ0n) is 13.2. The van der Waals surface area contributed by atoms with Crippen molar-refractivity contribution < 1.29 is 0 Å². The molecule has 2 unspecified atom stereocenters. The molecule has 0 saturated heterocycles. The molecule has 3 nitrogen and oxygen atoms in total. The van der Waals surface area contributed by atoms with Gasteiger partial charge in [-0.05, 0) is 32.4 Å². The maximum absolute atomic E-state index is 4.81. The number of para-hydroxylation sites is 1. The third-order valence-electron chi connectivity index (χ3n) is 4.25. The second-order valence-corrected chi connectivity index (χ2v) is 5.64. The molecule has 2 rings (SSSR count). The quantitative estimate of drug-likeness (QED) is 0.835. The zero-order valence-corrected chi connectivity index (χ0v) is 13.2. The summed E-state index contributed by atoms with van der Waals surface area (Å²) in [6.07, 6.45) is 3.51. The van der Waals surface area contributed by atoms with Crippen molar-refractivity contribution in [3.63, 3.8) is 0 Å². The third-order valence-corrected chi connectivity index (χ3v) is 4.25. The summed E-state index contributed by atoms with van der Waals surface area (Å²) in [5.41, 5.74) is 2.48. The van der Waals surface area contributed by atoms with E-state index in [0.717, 1.165) is 13.0 Å². The van der Waals surface area contributed by atoms with E-state index in [1.165, 1.54) is 29.4 Å². The molecule has 0 spiro atoms. The molecule has 0 radical (unpaired) electrons. The fourth-order valence-corrected chi connectivity index (χ4v) is 3.04. The Morgan fingerprint density at radius 3 is 2.65 bits per heavy atom. The molecule has 0 amide bonds. The van der Waals surface area contributed by atoms with Gasteiger partial charge in [0.1, 0.15) is 0 Å². The summed E-state index contributed by atoms with van der Waals surface area (Å²) in [7, 11) is 2.07. The molecule has 0 aliphatic rings. The average Bonchev–Trinajstić information content (AvgIpc) is 2.83. The first-order valence-corrected chi connectivity index (χ1v) is 7.82. The molecule has 1 aromatic heterocycles. The van der Waals surface area contributed by atoms with Gasteiger partial charge in [0.05, 0.1) is 11.2 Å². The summed E-state index contributed by atoms with van der Waals surface area (Å²) in [4.78, 5) is 0. The van der Waals surface area contributed by atoms with E-state index in [4.69, 9.17) is 5.10 Å². The molecule has 0 fully saturated rings. The zero-order chi connectivity index (χ0) is 14.5. The minimum absolute atomic E-state index is 0.499. The van der Waals surface area contributed by atoms with Crippen LogP contribution in [0.4, 0.5) is 0 Å². The number of aryl methyl sites for hydroxylation is 1. The molecule has 0 saturated carbocycles. The molecule has 2 aromatic rings. The lowest BCUT2D eigenvalue weighted by Crippen LogP contribution is -2.34. The van der Waals surface area contributed by atoms with Crippen LogP contribution >= 0.6 is 0 Å². The number of rotatable bonds is 7. The molecule has 1 aromatic carbocycles. The van der Waals surface area contributed by atoms with Crippen molar-refractivity contribution >= 4 is 10.9 Å². The maximum atomic E-state index is 4.81. The van der Waals surface area contributed by atoms with Gasteiger partial charge < -0.3 is 5.32 Å². The Morgan fingerprint density at radius 2 is 2.00 bits per heavy atom. The smallest absolute Gasteiger partial charge is 0.0718 e. The molecule has 1 N–H and O–H groups in total. The van der Waals surface area contributed by atoms with Crippen LogP contribution in [-0.2, 0) is 13.0 Å². The van der Waals surface area contributed by atoms with Crippen LogP contribution in [0.15, 0.2) is 24.3 Å². The van der Waals surface area contributed by atoms with E-state index < -0.39 is 0 Å². The highest BCUT2D eigenvalue weighted by Gasteiger charge is 2.18. The van der Waals surface area contributed by atoms with Crippen molar-refractivity contribution in [2.45, 2.75) is 52.6 Å². The van der Waals surface area contributed by atoms with Gasteiger partial charge in [0.2, 0.25) is 0 Å². The minimum Gasteiger partial charge on any atom is -0.316 e. The number of benzene rings is 1. The summed E-state index contributed by atoms with van der Waals surface area (Å²) in [6, 6.07) is 9.06. The van der Waals surface area contributed by atoms with Crippen LogP contribution < -0.4 is 5.32 Å². The molecule has 0 aliphatic heterocycles. The van der Waals surface area contributed by atoms with E-state index in [1.54, 1.807) is 0 Å². The van der Waals surface area contributed by atoms with Crippen LogP contribution in [0, 0.1) is 5.92 Å². The van der Waals surface area contributed by atoms with Gasteiger partial charge in [0, 0.05) is 24.4 Å². The largest absolute Gasteiger partial charge is 0.316 e. The fourth-order valence-electron chi connectivity index (χ4n) is 3.04. The van der Waals surface area contributed by atoms with Gasteiger partial charge in [0.15, 0.2) is 0 Å².